The Kier molecular flexibility index (Phi) is 8.79. The molecule has 2 rings (SSSR count). The zero-order valence-electron chi connectivity index (χ0n) is 17.0. The Balaban J connectivity index is 1.89. The first kappa shape index (κ1) is 23.3. The van der Waals surface area contributed by atoms with Gasteiger partial charge in [0.1, 0.15) is 11.5 Å². The number of benzene rings is 2. The first-order valence-corrected chi connectivity index (χ1v) is 9.36. The van der Waals surface area contributed by atoms with Crippen LogP contribution in [0, 0.1) is 6.92 Å². The fourth-order valence-corrected chi connectivity index (χ4v) is 2.54. The van der Waals surface area contributed by atoms with Crippen LogP contribution in [0.25, 0.3) is 0 Å². The van der Waals surface area contributed by atoms with E-state index in [1.165, 1.54) is 24.3 Å². The van der Waals surface area contributed by atoms with E-state index in [9.17, 15) is 13.2 Å². The first-order valence-electron chi connectivity index (χ1n) is 9.36. The molecule has 0 unspecified atom stereocenters. The zero-order chi connectivity index (χ0) is 22.0. The molecule has 0 fully saturated rings. The molecule has 0 aliphatic rings. The third-order valence-electron chi connectivity index (χ3n) is 4.02. The lowest BCUT2D eigenvalue weighted by atomic mass is 10.1. The number of rotatable bonds is 10. The topological polar surface area (TPSA) is 78.1 Å². The van der Waals surface area contributed by atoms with Gasteiger partial charge in [0, 0.05) is 32.2 Å². The number of hydrogen-bond acceptors (Lipinski definition) is 4. The van der Waals surface area contributed by atoms with Gasteiger partial charge in [0.25, 0.3) is 0 Å². The molecular weight excluding hydrogens is 399 g/mol. The van der Waals surface area contributed by atoms with E-state index in [1.54, 1.807) is 7.11 Å². The van der Waals surface area contributed by atoms with Crippen LogP contribution in [0.1, 0.15) is 23.1 Å². The van der Waals surface area contributed by atoms with Gasteiger partial charge in [-0.2, -0.15) is 0 Å². The highest BCUT2D eigenvalue weighted by molar-refractivity contribution is 5.77. The van der Waals surface area contributed by atoms with Crippen molar-refractivity contribution in [1.82, 2.24) is 5.32 Å². The minimum atomic E-state index is -4.71. The first-order chi connectivity index (χ1) is 14.3. The van der Waals surface area contributed by atoms with Crippen LogP contribution in [0.4, 0.5) is 13.2 Å². The number of hydrogen-bond donors (Lipinski definition) is 2. The summed E-state index contributed by atoms with van der Waals surface area (Å²) < 4.78 is 51.3. The normalized spacial score (nSPS) is 12.0. The van der Waals surface area contributed by atoms with Crippen LogP contribution in [0.2, 0.25) is 0 Å². The molecule has 0 bridgehead atoms. The van der Waals surface area contributed by atoms with Crippen LogP contribution in [0.15, 0.2) is 47.5 Å². The Bertz CT molecular complexity index is 824. The summed E-state index contributed by atoms with van der Waals surface area (Å²) in [4.78, 5) is 4.21. The second kappa shape index (κ2) is 11.3. The molecule has 0 spiro atoms. The maximum Gasteiger partial charge on any atom is 0.573 e. The molecule has 0 aliphatic heterocycles. The van der Waals surface area contributed by atoms with Crippen LogP contribution in [0.3, 0.4) is 0 Å². The summed E-state index contributed by atoms with van der Waals surface area (Å²) in [6.07, 6.45) is -3.93. The van der Waals surface area contributed by atoms with Gasteiger partial charge in [0.05, 0.1) is 13.2 Å². The second-order valence-electron chi connectivity index (χ2n) is 6.55. The molecule has 0 radical (unpaired) electrons. The summed E-state index contributed by atoms with van der Waals surface area (Å²) in [5.41, 5.74) is 8.63. The predicted molar refractivity (Wildman–Crippen MR) is 108 cm³/mol. The van der Waals surface area contributed by atoms with E-state index in [4.69, 9.17) is 15.2 Å². The minimum Gasteiger partial charge on any atom is -0.493 e. The van der Waals surface area contributed by atoms with Gasteiger partial charge < -0.3 is 25.3 Å². The van der Waals surface area contributed by atoms with Gasteiger partial charge in [-0.05, 0) is 36.2 Å². The van der Waals surface area contributed by atoms with Crippen LogP contribution >= 0.6 is 0 Å². The summed E-state index contributed by atoms with van der Waals surface area (Å²) >= 11 is 0. The van der Waals surface area contributed by atoms with E-state index in [-0.39, 0.29) is 18.3 Å². The summed E-state index contributed by atoms with van der Waals surface area (Å²) in [6, 6.07) is 11.4. The Morgan fingerprint density at radius 1 is 1.10 bits per heavy atom. The third kappa shape index (κ3) is 8.60. The Morgan fingerprint density at radius 2 is 1.83 bits per heavy atom. The average Bonchev–Trinajstić information content (AvgIpc) is 2.69. The minimum absolute atomic E-state index is 0.219. The predicted octanol–water partition coefficient (Wildman–Crippen LogP) is 3.91. The van der Waals surface area contributed by atoms with Crippen LogP contribution < -0.4 is 20.5 Å². The molecule has 0 aliphatic carbocycles. The summed E-state index contributed by atoms with van der Waals surface area (Å²) in [7, 11) is 1.65. The van der Waals surface area contributed by atoms with Gasteiger partial charge in [-0.15, -0.1) is 13.2 Å². The molecular formula is C21H26F3N3O3. The number of halogens is 3. The van der Waals surface area contributed by atoms with Crippen molar-refractivity contribution in [1.29, 1.82) is 0 Å². The highest BCUT2D eigenvalue weighted by Gasteiger charge is 2.30. The van der Waals surface area contributed by atoms with Crippen molar-refractivity contribution in [2.45, 2.75) is 32.8 Å². The van der Waals surface area contributed by atoms with Crippen molar-refractivity contribution < 1.29 is 27.4 Å². The van der Waals surface area contributed by atoms with Crippen molar-refractivity contribution in [2.24, 2.45) is 10.7 Å². The van der Waals surface area contributed by atoms with E-state index in [0.29, 0.717) is 25.3 Å². The number of nitrogens with two attached hydrogens (primary N) is 1. The lowest BCUT2D eigenvalue weighted by Crippen LogP contribution is -2.31. The van der Waals surface area contributed by atoms with Crippen LogP contribution in [-0.4, -0.2) is 32.6 Å². The van der Waals surface area contributed by atoms with E-state index in [2.05, 4.69) is 15.0 Å². The average molecular weight is 425 g/mol. The summed E-state index contributed by atoms with van der Waals surface area (Å²) in [6.45, 7) is 3.80. The molecule has 0 saturated carbocycles. The van der Waals surface area contributed by atoms with E-state index >= 15 is 0 Å². The molecule has 3 N–H and O–H groups in total. The molecule has 2 aromatic rings. The highest BCUT2D eigenvalue weighted by atomic mass is 19.4. The van der Waals surface area contributed by atoms with Crippen molar-refractivity contribution in [3.05, 3.63) is 59.2 Å². The smallest absolute Gasteiger partial charge is 0.493 e. The largest absolute Gasteiger partial charge is 0.573 e. The monoisotopic (exact) mass is 425 g/mol. The molecule has 164 valence electrons. The van der Waals surface area contributed by atoms with Crippen molar-refractivity contribution in [3.8, 4) is 11.5 Å². The number of nitrogens with one attached hydrogen (secondary N) is 1. The van der Waals surface area contributed by atoms with Gasteiger partial charge >= 0.3 is 6.36 Å². The fourth-order valence-electron chi connectivity index (χ4n) is 2.54. The Morgan fingerprint density at radius 3 is 2.50 bits per heavy atom. The lowest BCUT2D eigenvalue weighted by molar-refractivity contribution is -0.274. The van der Waals surface area contributed by atoms with Crippen molar-refractivity contribution in [3.63, 3.8) is 0 Å². The van der Waals surface area contributed by atoms with Crippen molar-refractivity contribution in [2.75, 3.05) is 20.3 Å². The molecule has 9 heteroatoms. The van der Waals surface area contributed by atoms with Gasteiger partial charge in [-0.25, -0.2) is 4.99 Å². The second-order valence-corrected chi connectivity index (χ2v) is 6.55. The third-order valence-corrected chi connectivity index (χ3v) is 4.02. The Labute approximate surface area is 173 Å². The van der Waals surface area contributed by atoms with E-state index in [1.807, 2.05) is 25.1 Å². The molecule has 2 aromatic carbocycles. The fraction of sp³-hybridized carbons (Fsp3) is 0.381. The molecule has 6 nitrogen and oxygen atoms in total. The molecule has 0 heterocycles. The number of methoxy groups -OCH3 is 1. The number of nitrogens with zero attached hydrogens (tertiary/aromatic N) is 1. The number of guanidine groups is 1. The lowest BCUT2D eigenvalue weighted by Gasteiger charge is -2.13. The van der Waals surface area contributed by atoms with E-state index in [0.717, 1.165) is 23.3 Å². The zero-order valence-corrected chi connectivity index (χ0v) is 17.0. The number of aryl methyl sites for hydroxylation is 1. The summed E-state index contributed by atoms with van der Waals surface area (Å²) in [5, 5.41) is 3.02. The quantitative estimate of drug-likeness (QED) is 0.343. The molecule has 30 heavy (non-hydrogen) atoms. The number of ether oxygens (including phenoxy) is 3. The molecule has 0 saturated heterocycles. The maximum atomic E-state index is 12.2. The van der Waals surface area contributed by atoms with Crippen LogP contribution in [0.5, 0.6) is 11.5 Å². The summed E-state index contributed by atoms with van der Waals surface area (Å²) in [5.74, 6) is 0.710. The number of alkyl halides is 3. The van der Waals surface area contributed by atoms with Gasteiger partial charge in [0.2, 0.25) is 0 Å². The highest BCUT2D eigenvalue weighted by Crippen LogP contribution is 2.23. The molecule has 0 aromatic heterocycles. The maximum absolute atomic E-state index is 12.2. The van der Waals surface area contributed by atoms with Gasteiger partial charge in [-0.3, -0.25) is 0 Å². The van der Waals surface area contributed by atoms with Gasteiger partial charge in [0.15, 0.2) is 5.96 Å². The van der Waals surface area contributed by atoms with Crippen LogP contribution in [-0.2, 0) is 17.8 Å². The molecule has 0 atom stereocenters. The number of aliphatic imine (C=N–C) groups is 1. The Hall–Kier alpha value is -2.94. The van der Waals surface area contributed by atoms with Gasteiger partial charge in [-0.1, -0.05) is 24.3 Å². The van der Waals surface area contributed by atoms with Crippen molar-refractivity contribution >= 4 is 5.96 Å². The SMILES string of the molecule is COCCCOc1cc(C)ccc1CNC(N)=NCc1ccc(OC(F)(F)F)cc1. The standard InChI is InChI=1S/C21H26F3N3O3/c1-15-4-7-17(19(12-15)29-11-3-10-28-2)14-27-20(25)26-13-16-5-8-18(9-6-16)30-21(22,23)24/h4-9,12H,3,10-11,13-14H2,1-2H3,(H3,25,26,27). The van der Waals surface area contributed by atoms with E-state index < -0.39 is 6.36 Å². The molecule has 0 amide bonds.